The summed E-state index contributed by atoms with van der Waals surface area (Å²) in [5.41, 5.74) is 9.38. The molecule has 16 rings (SSSR count). The van der Waals surface area contributed by atoms with Gasteiger partial charge in [0.25, 0.3) is 22.4 Å². The zero-order valence-corrected chi connectivity index (χ0v) is 70.8. The summed E-state index contributed by atoms with van der Waals surface area (Å²) in [5.74, 6) is 4.74. The first-order chi connectivity index (χ1) is 56.7. The molecule has 6 aromatic heterocycles. The second-order valence-corrected chi connectivity index (χ2v) is 33.8. The predicted octanol–water partition coefficient (Wildman–Crippen LogP) is 13.6. The second kappa shape index (κ2) is 39.0. The summed E-state index contributed by atoms with van der Waals surface area (Å²) in [4.78, 5) is 52.0. The number of benzene rings is 6. The fourth-order valence-electron chi connectivity index (χ4n) is 15.0. The highest BCUT2D eigenvalue weighted by atomic mass is 19.1. The Balaban J connectivity index is 0.000000147. The first-order valence-electron chi connectivity index (χ1n) is 40.1. The van der Waals surface area contributed by atoms with Crippen LogP contribution in [0.5, 0.6) is 0 Å². The van der Waals surface area contributed by atoms with Gasteiger partial charge < -0.3 is 87.2 Å². The lowest BCUT2D eigenvalue weighted by atomic mass is 10.0. The van der Waals surface area contributed by atoms with Crippen LogP contribution in [0.3, 0.4) is 0 Å². The van der Waals surface area contributed by atoms with Crippen LogP contribution >= 0.6 is 0 Å². The standard InChI is InChI=1S/C17H19NO.2C14H17NO.C13H14N2O5.C13H16N2O3.C12H14F2O3.C10H15NO3/c1-6-8-13-11-18(17(3,4)5)16(19)15-12(2)9-7-10-14(13)15;1-10-5-6-12-11(9-10)7-8-15(13(12)16)14(2,3)4;1-10-6-5-7-11-8-9-15(14(2,3)4)13(16)12(10)11;16-7-12-11(17)6-13(20-12)14-4-3-8-5-9(15(18)19)1-2-10(8)14;1-8-3-2-4-9-13(8)14-7-15(9)12-5-10(17)11(6-16)18-12;1-6-2-7(9(14)3-8(6)13)11-4-10(16)12(5-15)17-11;1-7-2-3-11(5-7)10-4-8(13)9(6-12)14-10/h7,9-11H,1-5H3;2*5-9H,1-4H3;1-5,11-13,16-17H,6-7H2;2-4,7,10-12,16-17H,5-6H2,1H3;2-3,10-12,15-16H,4-5H2,1H3;2-3,5,8-10,12-13H,4,6H2,1H3/t;;;11?,12-,13-;2*10?,11-,12-;8?,9-,10-/m...1111/s1. The largest absolute Gasteiger partial charge is 0.394 e. The third kappa shape index (κ3) is 21.3. The van der Waals surface area contributed by atoms with Gasteiger partial charge in [-0.1, -0.05) is 72.1 Å². The fraction of sp³-hybridized carbons (Fsp3) is 0.419. The molecule has 120 heavy (non-hydrogen) atoms. The topological polar surface area (TPSA) is 336 Å². The van der Waals surface area contributed by atoms with Crippen molar-refractivity contribution in [3.63, 3.8) is 0 Å². The molecule has 27 heteroatoms. The van der Waals surface area contributed by atoms with E-state index in [0.717, 1.165) is 88.1 Å². The van der Waals surface area contributed by atoms with Crippen molar-refractivity contribution in [3.8, 4) is 11.8 Å². The van der Waals surface area contributed by atoms with Crippen molar-refractivity contribution >= 4 is 59.9 Å². The Morgan fingerprint density at radius 3 is 1.57 bits per heavy atom. The number of fused-ring (bicyclic) bond motifs is 5. The minimum absolute atomic E-state index is 0.0378. The Bertz CT molecular complexity index is 5850. The summed E-state index contributed by atoms with van der Waals surface area (Å²) in [5, 5.41) is 91.5. The Kier molecular flexibility index (Phi) is 29.8. The van der Waals surface area contributed by atoms with Crippen molar-refractivity contribution in [1.29, 1.82) is 0 Å². The average molecular weight is 1650 g/mol. The van der Waals surface area contributed by atoms with Gasteiger partial charge in [0.2, 0.25) is 0 Å². The number of pyridine rings is 3. The maximum Gasteiger partial charge on any atom is 0.270 e. The van der Waals surface area contributed by atoms with E-state index in [2.05, 4.69) is 16.8 Å². The molecule has 0 saturated carbocycles. The number of aryl methyl sites for hydroxylation is 6. The highest BCUT2D eigenvalue weighted by Crippen LogP contribution is 2.38. The van der Waals surface area contributed by atoms with Crippen LogP contribution in [-0.2, 0) is 35.6 Å². The average Bonchev–Trinajstić information content (AvgIpc) is 1.31. The monoisotopic (exact) mass is 1650 g/mol. The Labute approximate surface area is 695 Å². The quantitative estimate of drug-likeness (QED) is 0.0378. The van der Waals surface area contributed by atoms with Gasteiger partial charge in [-0.15, -0.1) is 5.92 Å². The highest BCUT2D eigenvalue weighted by molar-refractivity contribution is 5.90. The lowest BCUT2D eigenvalue weighted by Crippen LogP contribution is -2.34. The SMILES string of the molecule is CC#Cc1cn(C(C)(C)C)c(=O)c2c(C)cccc12.Cc1cc([C@H]2CC(O)[C@@H](CO)O2)c(F)cc1F.Cc1ccc2c(=O)n(C(C)(C)C)ccc2c1.Cc1cccc2c1ncn2[C@H]1CC(O)[C@@H](CO)O1.Cc1cccc2ccn(C(C)(C)C)c(=O)c12.Cc1ccn([C@H]2CC(O)[C@@H](CO)O2)c1.O=[N+]([O-])c1ccc2c(ccn2[C@H]2CC(O)[C@@H](CO)O2)c1. The lowest BCUT2D eigenvalue weighted by Gasteiger charge is -2.23. The first-order valence-corrected chi connectivity index (χ1v) is 40.1. The Hall–Kier alpha value is -10.4. The van der Waals surface area contributed by atoms with Crippen molar-refractivity contribution in [2.45, 2.75) is 227 Å². The fourth-order valence-corrected chi connectivity index (χ4v) is 15.0. The number of para-hydroxylation sites is 1. The third-order valence-electron chi connectivity index (χ3n) is 21.6. The number of hydrogen-bond donors (Lipinski definition) is 8. The highest BCUT2D eigenvalue weighted by Gasteiger charge is 2.39. The molecule has 0 amide bonds. The molecule has 4 aliphatic rings. The molecular weight excluding hydrogens is 1540 g/mol. The molecule has 10 heterocycles. The van der Waals surface area contributed by atoms with Crippen LogP contribution in [0.1, 0.15) is 164 Å². The summed E-state index contributed by atoms with van der Waals surface area (Å²) >= 11 is 0. The number of imidazole rings is 1. The molecular formula is C93H112F2N8O17. The molecule has 0 bridgehead atoms. The number of aliphatic hydroxyl groups is 8. The second-order valence-electron chi connectivity index (χ2n) is 33.8. The van der Waals surface area contributed by atoms with E-state index in [9.17, 15) is 53.7 Å². The van der Waals surface area contributed by atoms with Crippen molar-refractivity contribution in [2.75, 3.05) is 26.4 Å². The van der Waals surface area contributed by atoms with Gasteiger partial charge >= 0.3 is 0 Å². The number of aliphatic hydroxyl groups excluding tert-OH is 8. The molecule has 8 N–H and O–H groups in total. The number of nitrogens with zero attached hydrogens (tertiary/aromatic N) is 8. The summed E-state index contributed by atoms with van der Waals surface area (Å²) in [6.45, 7) is 30.8. The first kappa shape index (κ1) is 91.9. The molecule has 12 atom stereocenters. The van der Waals surface area contributed by atoms with E-state index >= 15 is 0 Å². The zero-order valence-electron chi connectivity index (χ0n) is 70.8. The van der Waals surface area contributed by atoms with Crippen LogP contribution in [-0.4, -0.2) is 153 Å². The molecule has 0 spiro atoms. The molecule has 0 radical (unpaired) electrons. The number of aromatic nitrogens is 7. The van der Waals surface area contributed by atoms with Crippen LogP contribution < -0.4 is 16.7 Å². The molecule has 4 saturated heterocycles. The van der Waals surface area contributed by atoms with E-state index in [-0.39, 0.29) is 96.1 Å². The Morgan fingerprint density at radius 1 is 0.483 bits per heavy atom. The minimum Gasteiger partial charge on any atom is -0.394 e. The Morgan fingerprint density at radius 2 is 1.01 bits per heavy atom. The molecule has 640 valence electrons. The van der Waals surface area contributed by atoms with Gasteiger partial charge in [-0.25, -0.2) is 13.8 Å². The normalized spacial score (nSPS) is 21.4. The van der Waals surface area contributed by atoms with Crippen molar-refractivity contribution in [3.05, 3.63) is 268 Å². The van der Waals surface area contributed by atoms with Crippen LogP contribution in [0.25, 0.3) is 54.3 Å². The summed E-state index contributed by atoms with van der Waals surface area (Å²) < 4.78 is 59.7. The van der Waals surface area contributed by atoms with E-state index in [1.165, 1.54) is 30.7 Å². The summed E-state index contributed by atoms with van der Waals surface area (Å²) in [6.07, 6.45) is 8.26. The number of rotatable bonds is 9. The smallest absolute Gasteiger partial charge is 0.270 e. The van der Waals surface area contributed by atoms with Gasteiger partial charge in [0.15, 0.2) is 0 Å². The van der Waals surface area contributed by atoms with Crippen molar-refractivity contribution < 1.29 is 73.5 Å². The van der Waals surface area contributed by atoms with E-state index in [0.29, 0.717) is 24.8 Å². The molecule has 0 aliphatic carbocycles. The molecule has 12 aromatic rings. The van der Waals surface area contributed by atoms with Crippen LogP contribution in [0, 0.1) is 75.1 Å². The molecule has 4 aliphatic heterocycles. The van der Waals surface area contributed by atoms with Crippen molar-refractivity contribution in [2.24, 2.45) is 0 Å². The molecule has 4 unspecified atom stereocenters. The van der Waals surface area contributed by atoms with Crippen LogP contribution in [0.15, 0.2) is 185 Å². The van der Waals surface area contributed by atoms with E-state index < -0.39 is 71.5 Å². The van der Waals surface area contributed by atoms with Gasteiger partial charge in [0, 0.05) is 125 Å². The predicted molar refractivity (Wildman–Crippen MR) is 460 cm³/mol. The maximum atomic E-state index is 13.6. The summed E-state index contributed by atoms with van der Waals surface area (Å²) in [6, 6.07) is 38.3. The number of nitro groups is 1. The maximum absolute atomic E-state index is 13.6. The van der Waals surface area contributed by atoms with Crippen LogP contribution in [0.2, 0.25) is 0 Å². The number of non-ortho nitro benzene ring substituents is 1. The van der Waals surface area contributed by atoms with E-state index in [1.807, 2.05) is 240 Å². The van der Waals surface area contributed by atoms with Gasteiger partial charge in [-0.2, -0.15) is 0 Å². The van der Waals surface area contributed by atoms with Gasteiger partial charge in [0.1, 0.15) is 54.7 Å². The zero-order chi connectivity index (χ0) is 87.7. The van der Waals surface area contributed by atoms with Gasteiger partial charge in [-0.3, -0.25) is 24.5 Å². The molecule has 25 nitrogen and oxygen atoms in total. The number of ether oxygens (including phenoxy) is 4. The van der Waals surface area contributed by atoms with E-state index in [1.54, 1.807) is 38.4 Å². The van der Waals surface area contributed by atoms with E-state index in [4.69, 9.17) is 39.4 Å². The molecule has 4 fully saturated rings. The number of nitro benzene ring substituents is 1. The number of hydrogen-bond acceptors (Lipinski definition) is 18. The van der Waals surface area contributed by atoms with Gasteiger partial charge in [0.05, 0.1) is 95.5 Å². The summed E-state index contributed by atoms with van der Waals surface area (Å²) in [7, 11) is 0. The van der Waals surface area contributed by atoms with Crippen molar-refractivity contribution in [1.82, 2.24) is 32.4 Å². The number of halogens is 2. The lowest BCUT2D eigenvalue weighted by molar-refractivity contribution is -0.384. The third-order valence-corrected chi connectivity index (χ3v) is 21.6. The van der Waals surface area contributed by atoms with Crippen LogP contribution in [0.4, 0.5) is 14.5 Å². The van der Waals surface area contributed by atoms with Gasteiger partial charge in [-0.05, 0) is 198 Å². The minimum atomic E-state index is -0.824. The molecule has 6 aromatic carbocycles.